The molecule has 0 aliphatic carbocycles. The van der Waals surface area contributed by atoms with Crippen molar-refractivity contribution in [1.82, 2.24) is 14.9 Å². The smallest absolute Gasteiger partial charge is 0.123 e. The first-order chi connectivity index (χ1) is 13.2. The van der Waals surface area contributed by atoms with E-state index in [9.17, 15) is 9.65 Å². The third kappa shape index (κ3) is 3.36. The monoisotopic (exact) mass is 360 g/mol. The van der Waals surface area contributed by atoms with Gasteiger partial charge in [-0.15, -0.1) is 0 Å². The minimum atomic E-state index is -0.271. The molecule has 0 atom stereocenters. The van der Waals surface area contributed by atoms with Crippen molar-refractivity contribution in [2.75, 3.05) is 20.1 Å². The van der Waals surface area contributed by atoms with Crippen LogP contribution >= 0.6 is 0 Å². The topological polar surface area (TPSA) is 55.7 Å². The predicted octanol–water partition coefficient (Wildman–Crippen LogP) is 4.56. The van der Waals surface area contributed by atoms with E-state index in [-0.39, 0.29) is 5.82 Å². The minimum absolute atomic E-state index is 0.271. The lowest BCUT2D eigenvalue weighted by Crippen LogP contribution is -2.29. The fraction of sp³-hybridized carbons (Fsp3) is 0.273. The summed E-state index contributed by atoms with van der Waals surface area (Å²) < 4.78 is 13.4. The Labute approximate surface area is 158 Å². The molecule has 0 bridgehead atoms. The van der Waals surface area contributed by atoms with Crippen LogP contribution in [0.4, 0.5) is 4.39 Å². The van der Waals surface area contributed by atoms with Gasteiger partial charge in [-0.25, -0.2) is 4.39 Å². The molecule has 2 aromatic heterocycles. The van der Waals surface area contributed by atoms with E-state index < -0.39 is 0 Å². The van der Waals surface area contributed by atoms with Gasteiger partial charge < -0.3 is 9.88 Å². The van der Waals surface area contributed by atoms with Crippen molar-refractivity contribution >= 4 is 0 Å². The molecule has 0 amide bonds. The van der Waals surface area contributed by atoms with Crippen molar-refractivity contribution in [3.8, 4) is 28.5 Å². The van der Waals surface area contributed by atoms with Crippen LogP contribution in [0, 0.1) is 17.1 Å². The molecule has 27 heavy (non-hydrogen) atoms. The summed E-state index contributed by atoms with van der Waals surface area (Å²) in [4.78, 5) is 9.95. The van der Waals surface area contributed by atoms with Gasteiger partial charge in [-0.2, -0.15) is 5.26 Å². The molecule has 0 unspecified atom stereocenters. The van der Waals surface area contributed by atoms with E-state index in [1.54, 1.807) is 24.5 Å². The predicted molar refractivity (Wildman–Crippen MR) is 104 cm³/mol. The number of pyridine rings is 1. The molecule has 0 saturated carbocycles. The number of H-pyrrole nitrogens is 1. The normalized spacial score (nSPS) is 15.6. The summed E-state index contributed by atoms with van der Waals surface area (Å²) >= 11 is 0. The molecule has 3 aromatic rings. The number of aromatic amines is 1. The van der Waals surface area contributed by atoms with Gasteiger partial charge >= 0.3 is 0 Å². The Morgan fingerprint density at radius 3 is 2.37 bits per heavy atom. The quantitative estimate of drug-likeness (QED) is 0.745. The average molecular weight is 360 g/mol. The highest BCUT2D eigenvalue weighted by Gasteiger charge is 2.27. The number of nitrogens with zero attached hydrogens (tertiary/aromatic N) is 3. The summed E-state index contributed by atoms with van der Waals surface area (Å²) in [5.41, 5.74) is 5.24. The van der Waals surface area contributed by atoms with Crippen molar-refractivity contribution in [2.45, 2.75) is 18.8 Å². The van der Waals surface area contributed by atoms with Crippen LogP contribution in [0.25, 0.3) is 22.4 Å². The maximum atomic E-state index is 13.4. The number of likely N-dealkylation sites (tertiary alicyclic amines) is 1. The van der Waals surface area contributed by atoms with Crippen LogP contribution in [0.1, 0.15) is 30.0 Å². The zero-order valence-corrected chi connectivity index (χ0v) is 15.2. The van der Waals surface area contributed by atoms with Gasteiger partial charge in [0.05, 0.1) is 11.3 Å². The molecule has 1 aromatic carbocycles. The Hall–Kier alpha value is -2.97. The van der Waals surface area contributed by atoms with Crippen molar-refractivity contribution in [3.05, 3.63) is 65.9 Å². The molecule has 136 valence electrons. The maximum absolute atomic E-state index is 13.4. The zero-order chi connectivity index (χ0) is 18.8. The number of hydrogen-bond donors (Lipinski definition) is 1. The van der Waals surface area contributed by atoms with Crippen molar-refractivity contribution in [3.63, 3.8) is 0 Å². The third-order valence-electron chi connectivity index (χ3n) is 5.37. The number of nitriles is 1. The van der Waals surface area contributed by atoms with Gasteiger partial charge in [0.15, 0.2) is 0 Å². The first kappa shape index (κ1) is 17.4. The maximum Gasteiger partial charge on any atom is 0.123 e. The molecule has 1 fully saturated rings. The average Bonchev–Trinajstić information content (AvgIpc) is 3.09. The summed E-state index contributed by atoms with van der Waals surface area (Å²) in [5.74, 6) is 0.0532. The van der Waals surface area contributed by atoms with Gasteiger partial charge in [-0.05, 0) is 80.5 Å². The fourth-order valence-electron chi connectivity index (χ4n) is 3.88. The number of halogens is 1. The largest absolute Gasteiger partial charge is 0.357 e. The van der Waals surface area contributed by atoms with E-state index in [1.807, 2.05) is 12.1 Å². The van der Waals surface area contributed by atoms with Gasteiger partial charge in [-0.1, -0.05) is 0 Å². The molecule has 5 heteroatoms. The zero-order valence-electron chi connectivity index (χ0n) is 15.2. The highest BCUT2D eigenvalue weighted by Crippen LogP contribution is 2.40. The lowest BCUT2D eigenvalue weighted by atomic mass is 9.89. The molecule has 0 spiro atoms. The Bertz CT molecular complexity index is 962. The highest BCUT2D eigenvalue weighted by molar-refractivity contribution is 5.87. The molecule has 4 nitrogen and oxygen atoms in total. The first-order valence-electron chi connectivity index (χ1n) is 9.18. The minimum Gasteiger partial charge on any atom is -0.357 e. The van der Waals surface area contributed by atoms with Crippen LogP contribution in [0.5, 0.6) is 0 Å². The number of benzene rings is 1. The van der Waals surface area contributed by atoms with Gasteiger partial charge in [-0.3, -0.25) is 4.98 Å². The molecule has 1 saturated heterocycles. The first-order valence-corrected chi connectivity index (χ1v) is 9.18. The number of piperidine rings is 1. The second-order valence-corrected chi connectivity index (χ2v) is 7.10. The summed E-state index contributed by atoms with van der Waals surface area (Å²) in [6, 6.07) is 12.7. The Kier molecular flexibility index (Phi) is 4.74. The second kappa shape index (κ2) is 7.34. The standard InChI is InChI=1S/C22H21FN4/c1-27-12-8-17(9-13-27)21-19(14-24)20(15-6-10-25-11-7-15)22(26-21)16-2-4-18(23)5-3-16/h2-7,10-11,17,26H,8-9,12-13H2,1H3. The molecule has 4 rings (SSSR count). The van der Waals surface area contributed by atoms with Gasteiger partial charge in [0.1, 0.15) is 11.9 Å². The molecule has 1 N–H and O–H groups in total. The Balaban J connectivity index is 1.89. The van der Waals surface area contributed by atoms with Crippen LogP contribution in [0.3, 0.4) is 0 Å². The van der Waals surface area contributed by atoms with E-state index in [2.05, 4.69) is 28.0 Å². The van der Waals surface area contributed by atoms with E-state index in [4.69, 9.17) is 0 Å². The van der Waals surface area contributed by atoms with Gasteiger partial charge in [0.2, 0.25) is 0 Å². The van der Waals surface area contributed by atoms with Crippen molar-refractivity contribution in [2.24, 2.45) is 0 Å². The molecule has 0 radical (unpaired) electrons. The fourth-order valence-corrected chi connectivity index (χ4v) is 3.88. The van der Waals surface area contributed by atoms with E-state index in [0.717, 1.165) is 54.0 Å². The van der Waals surface area contributed by atoms with Crippen molar-refractivity contribution < 1.29 is 4.39 Å². The van der Waals surface area contributed by atoms with Crippen molar-refractivity contribution in [1.29, 1.82) is 5.26 Å². The Morgan fingerprint density at radius 2 is 1.74 bits per heavy atom. The molecular formula is C22H21FN4. The SMILES string of the molecule is CN1CCC(c2[nH]c(-c3ccc(F)cc3)c(-c3ccncc3)c2C#N)CC1. The number of aromatic nitrogens is 2. The number of nitrogens with one attached hydrogen (secondary N) is 1. The highest BCUT2D eigenvalue weighted by atomic mass is 19.1. The van der Waals surface area contributed by atoms with Crippen LogP contribution < -0.4 is 0 Å². The number of rotatable bonds is 3. The van der Waals surface area contributed by atoms with Crippen LogP contribution in [0.15, 0.2) is 48.8 Å². The van der Waals surface area contributed by atoms with E-state index in [0.29, 0.717) is 11.5 Å². The van der Waals surface area contributed by atoms with Crippen LogP contribution in [-0.4, -0.2) is 35.0 Å². The summed E-state index contributed by atoms with van der Waals surface area (Å²) in [6.45, 7) is 2.04. The molecule has 3 heterocycles. The third-order valence-corrected chi connectivity index (χ3v) is 5.37. The summed E-state index contributed by atoms with van der Waals surface area (Å²) in [7, 11) is 2.13. The van der Waals surface area contributed by atoms with Crippen LogP contribution in [-0.2, 0) is 0 Å². The number of hydrogen-bond acceptors (Lipinski definition) is 3. The van der Waals surface area contributed by atoms with Gasteiger partial charge in [0.25, 0.3) is 0 Å². The second-order valence-electron chi connectivity index (χ2n) is 7.10. The van der Waals surface area contributed by atoms with Crippen LogP contribution in [0.2, 0.25) is 0 Å². The summed E-state index contributed by atoms with van der Waals surface area (Å²) in [6.07, 6.45) is 5.50. The summed E-state index contributed by atoms with van der Waals surface area (Å²) in [5, 5.41) is 9.99. The lowest BCUT2D eigenvalue weighted by molar-refractivity contribution is 0.253. The van der Waals surface area contributed by atoms with E-state index >= 15 is 0 Å². The molecule has 1 aliphatic heterocycles. The van der Waals surface area contributed by atoms with Gasteiger partial charge in [0, 0.05) is 29.6 Å². The molecular weight excluding hydrogens is 339 g/mol. The molecule has 1 aliphatic rings. The Morgan fingerprint density at radius 1 is 1.07 bits per heavy atom. The van der Waals surface area contributed by atoms with E-state index in [1.165, 1.54) is 12.1 Å². The lowest BCUT2D eigenvalue weighted by Gasteiger charge is -2.28.